The Morgan fingerprint density at radius 1 is 1.23 bits per heavy atom. The van der Waals surface area contributed by atoms with Crippen molar-refractivity contribution in [3.8, 4) is 12.1 Å². The Hall–Kier alpha value is -3.06. The van der Waals surface area contributed by atoms with Gasteiger partial charge in [-0.2, -0.15) is 10.5 Å². The average molecular weight is 425 g/mol. The molecule has 0 unspecified atom stereocenters. The van der Waals surface area contributed by atoms with Gasteiger partial charge in [0.25, 0.3) is 5.91 Å². The van der Waals surface area contributed by atoms with Crippen LogP contribution < -0.4 is 5.32 Å². The van der Waals surface area contributed by atoms with Gasteiger partial charge in [0.1, 0.15) is 17.2 Å². The molecule has 0 aromatic carbocycles. The third-order valence-corrected chi connectivity index (χ3v) is 5.74. The minimum atomic E-state index is -1.11. The normalized spacial score (nSPS) is 16.8. The van der Waals surface area contributed by atoms with Crippen LogP contribution in [-0.2, 0) is 20.9 Å². The van der Waals surface area contributed by atoms with Gasteiger partial charge in [-0.05, 0) is 57.2 Å². The van der Waals surface area contributed by atoms with E-state index in [-0.39, 0.29) is 5.57 Å². The highest BCUT2D eigenvalue weighted by Gasteiger charge is 2.35. The first-order valence-corrected chi connectivity index (χ1v) is 10.8. The van der Waals surface area contributed by atoms with Crippen molar-refractivity contribution in [1.82, 2.24) is 9.88 Å². The number of carbonyl (C=O) groups is 2. The Bertz CT molecular complexity index is 937. The summed E-state index contributed by atoms with van der Waals surface area (Å²) in [5, 5.41) is 21.8. The smallest absolute Gasteiger partial charge is 0.349 e. The lowest BCUT2D eigenvalue weighted by Crippen LogP contribution is -2.52. The van der Waals surface area contributed by atoms with E-state index in [1.165, 1.54) is 13.0 Å². The number of amides is 1. The number of aromatic nitrogens is 1. The quantitative estimate of drug-likeness (QED) is 0.405. The number of carbonyl (C=O) groups excluding carboxylic acids is 2. The van der Waals surface area contributed by atoms with Gasteiger partial charge < -0.3 is 14.6 Å². The number of nitriles is 2. The molecule has 0 saturated heterocycles. The number of nitrogens with one attached hydrogen (secondary N) is 1. The summed E-state index contributed by atoms with van der Waals surface area (Å²) in [4.78, 5) is 25.1. The van der Waals surface area contributed by atoms with Gasteiger partial charge in [-0.3, -0.25) is 4.79 Å². The second kappa shape index (κ2) is 10.3. The van der Waals surface area contributed by atoms with Gasteiger partial charge in [-0.25, -0.2) is 4.79 Å². The average Bonchev–Trinajstić information content (AvgIpc) is 2.99. The number of ether oxygens (including phenoxy) is 1. The first-order valence-electron chi connectivity index (χ1n) is 10.8. The van der Waals surface area contributed by atoms with Gasteiger partial charge >= 0.3 is 5.97 Å². The van der Waals surface area contributed by atoms with Gasteiger partial charge in [0, 0.05) is 17.9 Å². The molecule has 1 amide bonds. The third-order valence-electron chi connectivity index (χ3n) is 5.74. The first-order chi connectivity index (χ1) is 14.6. The summed E-state index contributed by atoms with van der Waals surface area (Å²) >= 11 is 0. The minimum Gasteiger partial charge on any atom is -0.448 e. The Morgan fingerprint density at radius 2 is 1.87 bits per heavy atom. The summed E-state index contributed by atoms with van der Waals surface area (Å²) in [6, 6.07) is 6.03. The van der Waals surface area contributed by atoms with Crippen LogP contribution in [0.3, 0.4) is 0 Å². The molecule has 1 aliphatic carbocycles. The maximum atomic E-state index is 12.6. The minimum absolute atomic E-state index is 0.169. The fourth-order valence-electron chi connectivity index (χ4n) is 3.95. The molecule has 0 radical (unpaired) electrons. The Balaban J connectivity index is 2.11. The SMILES string of the molecule is Cc1cc(/C=C(\C#N)C(=O)O[C@H](C)C(=O)NC2(C#N)CCCCC2)c(C)n1CC(C)C. The second-order valence-corrected chi connectivity index (χ2v) is 8.79. The molecular formula is C24H32N4O3. The lowest BCUT2D eigenvalue weighted by atomic mass is 9.83. The molecule has 31 heavy (non-hydrogen) atoms. The fourth-order valence-corrected chi connectivity index (χ4v) is 3.95. The number of hydrogen-bond acceptors (Lipinski definition) is 5. The highest BCUT2D eigenvalue weighted by Crippen LogP contribution is 2.27. The van der Waals surface area contributed by atoms with E-state index in [1.54, 1.807) is 0 Å². The van der Waals surface area contributed by atoms with Crippen molar-refractivity contribution in [2.75, 3.05) is 0 Å². The van der Waals surface area contributed by atoms with E-state index < -0.39 is 23.5 Å². The van der Waals surface area contributed by atoms with Crippen LogP contribution in [0.1, 0.15) is 69.8 Å². The molecular weight excluding hydrogens is 392 g/mol. The molecule has 7 heteroatoms. The first kappa shape index (κ1) is 24.2. The van der Waals surface area contributed by atoms with Crippen LogP contribution in [0.5, 0.6) is 0 Å². The molecule has 1 aromatic rings. The summed E-state index contributed by atoms with van der Waals surface area (Å²) < 4.78 is 7.40. The zero-order chi connectivity index (χ0) is 23.2. The standard InChI is InChI=1S/C24H32N4O3/c1-16(2)14-28-17(3)11-20(18(28)4)12-21(13-25)23(30)31-19(5)22(29)27-24(15-26)9-7-6-8-10-24/h11-12,16,19H,6-10,14H2,1-5H3,(H,27,29)/b21-12+/t19-/m1/s1. The van der Waals surface area contributed by atoms with Crippen LogP contribution in [0.2, 0.25) is 0 Å². The van der Waals surface area contributed by atoms with Crippen LogP contribution in [0.4, 0.5) is 0 Å². The molecule has 2 rings (SSSR count). The van der Waals surface area contributed by atoms with E-state index in [0.29, 0.717) is 18.8 Å². The van der Waals surface area contributed by atoms with Crippen molar-refractivity contribution in [2.24, 2.45) is 5.92 Å². The molecule has 1 fully saturated rings. The zero-order valence-corrected chi connectivity index (χ0v) is 19.1. The van der Waals surface area contributed by atoms with Gasteiger partial charge in [-0.15, -0.1) is 0 Å². The van der Waals surface area contributed by atoms with Gasteiger partial charge in [0.15, 0.2) is 6.10 Å². The van der Waals surface area contributed by atoms with Crippen molar-refractivity contribution in [3.63, 3.8) is 0 Å². The van der Waals surface area contributed by atoms with Crippen molar-refractivity contribution < 1.29 is 14.3 Å². The van der Waals surface area contributed by atoms with Gasteiger partial charge in [0.05, 0.1) is 6.07 Å². The predicted molar refractivity (Wildman–Crippen MR) is 117 cm³/mol. The maximum Gasteiger partial charge on any atom is 0.349 e. The molecule has 1 N–H and O–H groups in total. The third kappa shape index (κ3) is 5.98. The number of rotatable bonds is 7. The molecule has 1 aromatic heterocycles. The molecule has 1 heterocycles. The van der Waals surface area contributed by atoms with Crippen LogP contribution in [0.25, 0.3) is 6.08 Å². The molecule has 7 nitrogen and oxygen atoms in total. The molecule has 1 saturated carbocycles. The van der Waals surface area contributed by atoms with Crippen molar-refractivity contribution >= 4 is 18.0 Å². The van der Waals surface area contributed by atoms with E-state index in [4.69, 9.17) is 4.74 Å². The van der Waals surface area contributed by atoms with E-state index in [9.17, 15) is 20.1 Å². The fraction of sp³-hybridized carbons (Fsp3) is 0.583. The van der Waals surface area contributed by atoms with Crippen LogP contribution >= 0.6 is 0 Å². The van der Waals surface area contributed by atoms with Crippen LogP contribution in [0, 0.1) is 42.4 Å². The number of aryl methyl sites for hydroxylation is 1. The van der Waals surface area contributed by atoms with Crippen molar-refractivity contribution in [2.45, 2.75) is 84.9 Å². The number of hydrogen-bond donors (Lipinski definition) is 1. The molecule has 0 spiro atoms. The van der Waals surface area contributed by atoms with Crippen LogP contribution in [0.15, 0.2) is 11.6 Å². The summed E-state index contributed by atoms with van der Waals surface area (Å²) in [6.45, 7) is 10.5. The summed E-state index contributed by atoms with van der Waals surface area (Å²) in [6.07, 6.45) is 4.36. The van der Waals surface area contributed by atoms with Crippen molar-refractivity contribution in [1.29, 1.82) is 10.5 Å². The zero-order valence-electron chi connectivity index (χ0n) is 19.1. The maximum absolute atomic E-state index is 12.6. The lowest BCUT2D eigenvalue weighted by molar-refractivity contribution is -0.151. The molecule has 166 valence electrons. The van der Waals surface area contributed by atoms with Gasteiger partial charge in [-0.1, -0.05) is 33.1 Å². The summed E-state index contributed by atoms with van der Waals surface area (Å²) in [7, 11) is 0. The van der Waals surface area contributed by atoms with Crippen LogP contribution in [-0.4, -0.2) is 28.1 Å². The number of esters is 1. The highest BCUT2D eigenvalue weighted by molar-refractivity contribution is 5.99. The lowest BCUT2D eigenvalue weighted by Gasteiger charge is -2.32. The van der Waals surface area contributed by atoms with Crippen molar-refractivity contribution in [3.05, 3.63) is 28.6 Å². The largest absolute Gasteiger partial charge is 0.448 e. The van der Waals surface area contributed by atoms with E-state index in [1.807, 2.05) is 26.0 Å². The Morgan fingerprint density at radius 3 is 2.42 bits per heavy atom. The second-order valence-electron chi connectivity index (χ2n) is 8.79. The Kier molecular flexibility index (Phi) is 8.05. The van der Waals surface area contributed by atoms with E-state index in [0.717, 1.165) is 42.8 Å². The number of nitrogens with zero attached hydrogens (tertiary/aromatic N) is 3. The Labute approximate surface area is 184 Å². The highest BCUT2D eigenvalue weighted by atomic mass is 16.5. The van der Waals surface area contributed by atoms with E-state index >= 15 is 0 Å². The molecule has 0 bridgehead atoms. The van der Waals surface area contributed by atoms with E-state index in [2.05, 4.69) is 29.8 Å². The topological polar surface area (TPSA) is 108 Å². The monoisotopic (exact) mass is 424 g/mol. The summed E-state index contributed by atoms with van der Waals surface area (Å²) in [5.41, 5.74) is 1.71. The molecule has 1 aliphatic rings. The molecule has 0 aliphatic heterocycles. The molecule has 1 atom stereocenters. The van der Waals surface area contributed by atoms with Gasteiger partial charge in [0.2, 0.25) is 0 Å². The summed E-state index contributed by atoms with van der Waals surface area (Å²) in [5.74, 6) is -0.917. The predicted octanol–water partition coefficient (Wildman–Crippen LogP) is 3.94.